The molecule has 0 bridgehead atoms. The lowest BCUT2D eigenvalue weighted by Crippen LogP contribution is -2.13. The molecule has 2 N–H and O–H groups in total. The topological polar surface area (TPSA) is 56.0 Å². The maximum absolute atomic E-state index is 10.9. The molecule has 0 aliphatic carbocycles. The van der Waals surface area contributed by atoms with E-state index in [0.717, 1.165) is 22.7 Å². The molecule has 1 aromatic heterocycles. The Kier molecular flexibility index (Phi) is 5.93. The molecule has 0 spiro atoms. The Bertz CT molecular complexity index is 575. The Balaban J connectivity index is 1.95. The zero-order valence-corrected chi connectivity index (χ0v) is 13.3. The van der Waals surface area contributed by atoms with Crippen molar-refractivity contribution in [2.75, 3.05) is 0 Å². The van der Waals surface area contributed by atoms with Crippen LogP contribution >= 0.6 is 11.3 Å². The van der Waals surface area contributed by atoms with Crippen LogP contribution in [0.3, 0.4) is 0 Å². The van der Waals surface area contributed by atoms with Crippen molar-refractivity contribution >= 4 is 17.2 Å². The van der Waals surface area contributed by atoms with Crippen molar-refractivity contribution in [2.45, 2.75) is 45.4 Å². The zero-order chi connectivity index (χ0) is 15.1. The van der Waals surface area contributed by atoms with E-state index in [0.29, 0.717) is 0 Å². The van der Waals surface area contributed by atoms with E-state index in [-0.39, 0.29) is 12.3 Å². The van der Waals surface area contributed by atoms with Gasteiger partial charge in [0, 0.05) is 10.9 Å². The zero-order valence-electron chi connectivity index (χ0n) is 12.5. The monoisotopic (exact) mass is 302 g/mol. The van der Waals surface area contributed by atoms with Crippen LogP contribution in [-0.4, -0.2) is 10.9 Å². The molecule has 0 radical (unpaired) electrons. The summed E-state index contributed by atoms with van der Waals surface area (Å²) in [5, 5.41) is 2.76. The van der Waals surface area contributed by atoms with Gasteiger partial charge in [0.05, 0.1) is 12.1 Å². The average Bonchev–Trinajstić information content (AvgIpc) is 2.92. The van der Waals surface area contributed by atoms with Gasteiger partial charge < -0.3 is 5.73 Å². The fourth-order valence-electron chi connectivity index (χ4n) is 2.27. The number of benzene rings is 1. The minimum Gasteiger partial charge on any atom is -0.369 e. The number of aryl methyl sites for hydroxylation is 1. The number of amides is 1. The van der Waals surface area contributed by atoms with Gasteiger partial charge in [0.2, 0.25) is 5.91 Å². The number of unbranched alkanes of at least 4 members (excludes halogenated alkanes) is 3. The van der Waals surface area contributed by atoms with Crippen molar-refractivity contribution < 1.29 is 4.79 Å². The molecule has 2 rings (SSSR count). The van der Waals surface area contributed by atoms with Crippen molar-refractivity contribution in [1.29, 1.82) is 0 Å². The predicted molar refractivity (Wildman–Crippen MR) is 88.3 cm³/mol. The highest BCUT2D eigenvalue weighted by atomic mass is 32.1. The van der Waals surface area contributed by atoms with Gasteiger partial charge in [-0.1, -0.05) is 50.5 Å². The Morgan fingerprint density at radius 1 is 1.19 bits per heavy atom. The highest BCUT2D eigenvalue weighted by Crippen LogP contribution is 2.23. The summed E-state index contributed by atoms with van der Waals surface area (Å²) >= 11 is 1.48. The minimum atomic E-state index is -0.335. The summed E-state index contributed by atoms with van der Waals surface area (Å²) in [6.07, 6.45) is 6.52. The van der Waals surface area contributed by atoms with Crippen LogP contribution in [0.5, 0.6) is 0 Å². The van der Waals surface area contributed by atoms with Crippen molar-refractivity contribution in [3.05, 3.63) is 40.2 Å². The third-order valence-electron chi connectivity index (χ3n) is 3.45. The lowest BCUT2D eigenvalue weighted by atomic mass is 10.0. The Morgan fingerprint density at radius 3 is 2.62 bits per heavy atom. The number of nitrogens with two attached hydrogens (primary N) is 1. The molecule has 1 aromatic carbocycles. The molecular weight excluding hydrogens is 280 g/mol. The molecule has 1 amide bonds. The molecule has 112 valence electrons. The largest absolute Gasteiger partial charge is 0.369 e. The molecule has 0 aliphatic heterocycles. The molecule has 0 fully saturated rings. The van der Waals surface area contributed by atoms with Gasteiger partial charge in [0.25, 0.3) is 0 Å². The minimum absolute atomic E-state index is 0.222. The van der Waals surface area contributed by atoms with Crippen LogP contribution in [0.25, 0.3) is 11.3 Å². The van der Waals surface area contributed by atoms with Crippen LogP contribution in [0.2, 0.25) is 0 Å². The van der Waals surface area contributed by atoms with Gasteiger partial charge in [0.1, 0.15) is 5.01 Å². The number of aromatic nitrogens is 1. The number of rotatable bonds is 8. The number of hydrogen-bond acceptors (Lipinski definition) is 3. The standard InChI is InChI=1S/C17H22N2OS/c1-2-3-4-5-6-13-7-9-14(10-8-13)15-12-21-17(19-15)11-16(18)20/h7-10,12H,2-6,11H2,1H3,(H2,18,20). The Hall–Kier alpha value is -1.68. The molecule has 0 aliphatic rings. The summed E-state index contributed by atoms with van der Waals surface area (Å²) in [5.74, 6) is -0.335. The van der Waals surface area contributed by atoms with E-state index in [1.807, 2.05) is 5.38 Å². The molecule has 0 saturated heterocycles. The lowest BCUT2D eigenvalue weighted by Gasteiger charge is -2.03. The fourth-order valence-corrected chi connectivity index (χ4v) is 3.08. The maximum Gasteiger partial charge on any atom is 0.224 e. The van der Waals surface area contributed by atoms with Crippen molar-refractivity contribution in [1.82, 2.24) is 4.98 Å². The molecule has 0 saturated carbocycles. The number of carbonyl (C=O) groups is 1. The SMILES string of the molecule is CCCCCCc1ccc(-c2csc(CC(N)=O)n2)cc1. The van der Waals surface area contributed by atoms with Crippen molar-refractivity contribution in [3.8, 4) is 11.3 Å². The van der Waals surface area contributed by atoms with Gasteiger partial charge in [-0.25, -0.2) is 4.98 Å². The van der Waals surface area contributed by atoms with E-state index in [4.69, 9.17) is 5.73 Å². The molecule has 2 aromatic rings. The van der Waals surface area contributed by atoms with Crippen molar-refractivity contribution in [3.63, 3.8) is 0 Å². The molecule has 21 heavy (non-hydrogen) atoms. The fraction of sp³-hybridized carbons (Fsp3) is 0.412. The number of primary amides is 1. The van der Waals surface area contributed by atoms with Crippen LogP contribution in [0.4, 0.5) is 0 Å². The van der Waals surface area contributed by atoms with Gasteiger partial charge >= 0.3 is 0 Å². The van der Waals surface area contributed by atoms with Gasteiger partial charge in [0.15, 0.2) is 0 Å². The predicted octanol–water partition coefficient (Wildman–Crippen LogP) is 3.96. The highest BCUT2D eigenvalue weighted by molar-refractivity contribution is 7.10. The summed E-state index contributed by atoms with van der Waals surface area (Å²) in [5.41, 5.74) is 8.59. The second-order valence-corrected chi connectivity index (χ2v) is 6.22. The molecule has 0 unspecified atom stereocenters. The number of nitrogens with zero attached hydrogens (tertiary/aromatic N) is 1. The van der Waals surface area contributed by atoms with Gasteiger partial charge in [-0.15, -0.1) is 11.3 Å². The van der Waals surface area contributed by atoms with Crippen molar-refractivity contribution in [2.24, 2.45) is 5.73 Å². The Labute approximate surface area is 130 Å². The Morgan fingerprint density at radius 2 is 1.95 bits per heavy atom. The number of hydrogen-bond donors (Lipinski definition) is 1. The summed E-state index contributed by atoms with van der Waals surface area (Å²) in [6.45, 7) is 2.23. The summed E-state index contributed by atoms with van der Waals surface area (Å²) < 4.78 is 0. The van der Waals surface area contributed by atoms with Crippen LogP contribution in [0.15, 0.2) is 29.6 Å². The summed E-state index contributed by atoms with van der Waals surface area (Å²) in [4.78, 5) is 15.3. The second-order valence-electron chi connectivity index (χ2n) is 5.28. The van der Waals surface area contributed by atoms with Crippen LogP contribution in [0, 0.1) is 0 Å². The average molecular weight is 302 g/mol. The first-order chi connectivity index (χ1) is 10.2. The smallest absolute Gasteiger partial charge is 0.224 e. The van der Waals surface area contributed by atoms with Crippen LogP contribution in [-0.2, 0) is 17.6 Å². The molecule has 0 atom stereocenters. The van der Waals surface area contributed by atoms with Gasteiger partial charge in [-0.2, -0.15) is 0 Å². The quantitative estimate of drug-likeness (QED) is 0.750. The number of thiazole rings is 1. The summed E-state index contributed by atoms with van der Waals surface area (Å²) in [6, 6.07) is 8.57. The van der Waals surface area contributed by atoms with E-state index >= 15 is 0 Å². The first kappa shape index (κ1) is 15.7. The van der Waals surface area contributed by atoms with Crippen LogP contribution in [0.1, 0.15) is 43.2 Å². The maximum atomic E-state index is 10.9. The second kappa shape index (κ2) is 7.93. The first-order valence-electron chi connectivity index (χ1n) is 7.51. The van der Waals surface area contributed by atoms with E-state index in [1.165, 1.54) is 42.6 Å². The van der Waals surface area contributed by atoms with E-state index in [2.05, 4.69) is 36.2 Å². The molecule has 4 heteroatoms. The summed E-state index contributed by atoms with van der Waals surface area (Å²) in [7, 11) is 0. The van der Waals surface area contributed by atoms with E-state index in [1.54, 1.807) is 0 Å². The van der Waals surface area contributed by atoms with E-state index < -0.39 is 0 Å². The van der Waals surface area contributed by atoms with Gasteiger partial charge in [-0.3, -0.25) is 4.79 Å². The number of carbonyl (C=O) groups excluding carboxylic acids is 1. The van der Waals surface area contributed by atoms with Crippen LogP contribution < -0.4 is 5.73 Å². The lowest BCUT2D eigenvalue weighted by molar-refractivity contribution is -0.117. The first-order valence-corrected chi connectivity index (χ1v) is 8.39. The third kappa shape index (κ3) is 4.97. The highest BCUT2D eigenvalue weighted by Gasteiger charge is 2.07. The molecule has 3 nitrogen and oxygen atoms in total. The van der Waals surface area contributed by atoms with Gasteiger partial charge in [-0.05, 0) is 18.4 Å². The third-order valence-corrected chi connectivity index (χ3v) is 4.29. The molecular formula is C17H22N2OS. The normalized spacial score (nSPS) is 10.7. The molecule has 1 heterocycles. The van der Waals surface area contributed by atoms with E-state index in [9.17, 15) is 4.79 Å².